The molecule has 0 bridgehead atoms. The van der Waals surface area contributed by atoms with Crippen molar-refractivity contribution >= 4 is 41.0 Å². The highest BCUT2D eigenvalue weighted by Crippen LogP contribution is 2.49. The third-order valence-corrected chi connectivity index (χ3v) is 7.93. The molecule has 0 aliphatic carbocycles. The first-order valence-corrected chi connectivity index (χ1v) is 13.5. The number of hydrogen-bond donors (Lipinski definition) is 7. The van der Waals surface area contributed by atoms with Gasteiger partial charge in [-0.3, -0.25) is 15.0 Å². The number of aromatic carboxylic acids is 1. The summed E-state index contributed by atoms with van der Waals surface area (Å²) in [7, 11) is 0. The summed E-state index contributed by atoms with van der Waals surface area (Å²) in [5.74, 6) is -5.10. The van der Waals surface area contributed by atoms with E-state index in [1.165, 1.54) is 24.3 Å². The van der Waals surface area contributed by atoms with Crippen LogP contribution in [0.25, 0.3) is 11.1 Å². The van der Waals surface area contributed by atoms with Crippen LogP contribution in [0, 0.1) is 5.41 Å². The van der Waals surface area contributed by atoms with E-state index in [0.717, 1.165) is 16.8 Å². The van der Waals surface area contributed by atoms with Gasteiger partial charge in [0.1, 0.15) is 5.84 Å². The average Bonchev–Trinajstić information content (AvgIpc) is 3.00. The molecule has 2 amide bonds. The maximum Gasteiger partial charge on any atom is 0.394 e. The van der Waals surface area contributed by atoms with E-state index in [1.807, 2.05) is 42.5 Å². The summed E-state index contributed by atoms with van der Waals surface area (Å²) in [6.07, 6.45) is 0.494. The fourth-order valence-electron chi connectivity index (χ4n) is 5.72. The highest BCUT2D eigenvalue weighted by atomic mass is 16.4. The quantitative estimate of drug-likeness (QED) is 0.0932. The molecule has 4 aromatic rings. The predicted molar refractivity (Wildman–Crippen MR) is 165 cm³/mol. The van der Waals surface area contributed by atoms with E-state index in [1.54, 1.807) is 18.2 Å². The normalized spacial score (nSPS) is 17.1. The van der Waals surface area contributed by atoms with Crippen molar-refractivity contribution in [1.82, 2.24) is 0 Å². The van der Waals surface area contributed by atoms with Crippen molar-refractivity contribution in [2.45, 2.75) is 24.8 Å². The van der Waals surface area contributed by atoms with Crippen molar-refractivity contribution in [3.63, 3.8) is 0 Å². The summed E-state index contributed by atoms with van der Waals surface area (Å²) >= 11 is 0. The molecule has 2 atom stereocenters. The Bertz CT molecular complexity index is 1860. The lowest BCUT2D eigenvalue weighted by Gasteiger charge is -2.42. The van der Waals surface area contributed by atoms with Crippen LogP contribution >= 0.6 is 0 Å². The van der Waals surface area contributed by atoms with Crippen molar-refractivity contribution in [1.29, 1.82) is 5.41 Å². The SMILES string of the molecule is CC1(c2ccccc2)CC(c2cc(NC(=O)C(=O)O)cc(-c3ccc(C(N)=O)cc3C(=O)O)c2)Nc2ccc(C(=N)N)cc21. The second-order valence-electron chi connectivity index (χ2n) is 10.8. The zero-order chi connectivity index (χ0) is 31.8. The molecule has 0 saturated heterocycles. The number of amidine groups is 1. The molecule has 1 aliphatic heterocycles. The number of benzene rings is 4. The molecule has 0 spiro atoms. The largest absolute Gasteiger partial charge is 0.478 e. The smallest absolute Gasteiger partial charge is 0.394 e. The summed E-state index contributed by atoms with van der Waals surface area (Å²) in [6, 6.07) is 23.8. The first kappa shape index (κ1) is 29.5. The minimum Gasteiger partial charge on any atom is -0.478 e. The van der Waals surface area contributed by atoms with E-state index in [2.05, 4.69) is 17.6 Å². The van der Waals surface area contributed by atoms with Crippen molar-refractivity contribution in [2.75, 3.05) is 10.6 Å². The Hall–Kier alpha value is -5.97. The Labute approximate surface area is 252 Å². The molecule has 1 aliphatic rings. The van der Waals surface area contributed by atoms with Crippen LogP contribution in [0.15, 0.2) is 84.9 Å². The van der Waals surface area contributed by atoms with Gasteiger partial charge >= 0.3 is 17.8 Å². The van der Waals surface area contributed by atoms with Gasteiger partial charge in [-0.1, -0.05) is 43.3 Å². The van der Waals surface area contributed by atoms with Gasteiger partial charge in [0.05, 0.1) is 11.6 Å². The number of nitrogen functional groups attached to an aromatic ring is 1. The fraction of sp³-hybridized carbons (Fsp3) is 0.121. The van der Waals surface area contributed by atoms with E-state index in [-0.39, 0.29) is 28.2 Å². The summed E-state index contributed by atoms with van der Waals surface area (Å²) in [6.45, 7) is 2.08. The van der Waals surface area contributed by atoms with Gasteiger partial charge in [-0.25, -0.2) is 9.59 Å². The van der Waals surface area contributed by atoms with Crippen molar-refractivity contribution in [3.8, 4) is 11.1 Å². The number of carboxylic acid groups (broad SMARTS) is 2. The Kier molecular flexibility index (Phi) is 7.63. The Morgan fingerprint density at radius 1 is 0.909 bits per heavy atom. The van der Waals surface area contributed by atoms with Crippen LogP contribution in [0.3, 0.4) is 0 Å². The van der Waals surface area contributed by atoms with Gasteiger partial charge in [0.25, 0.3) is 0 Å². The monoisotopic (exact) mass is 591 g/mol. The summed E-state index contributed by atoms with van der Waals surface area (Å²) < 4.78 is 0. The van der Waals surface area contributed by atoms with E-state index >= 15 is 0 Å². The lowest BCUT2D eigenvalue weighted by atomic mass is 9.68. The number of rotatable bonds is 7. The average molecular weight is 592 g/mol. The third-order valence-electron chi connectivity index (χ3n) is 7.93. The molecule has 11 nitrogen and oxygen atoms in total. The predicted octanol–water partition coefficient (Wildman–Crippen LogP) is 4.32. The number of aliphatic carboxylic acids is 1. The molecule has 5 rings (SSSR count). The van der Waals surface area contributed by atoms with Gasteiger partial charge in [0, 0.05) is 27.9 Å². The number of anilines is 2. The summed E-state index contributed by atoms with van der Waals surface area (Å²) in [5, 5.41) is 33.1. The first-order valence-electron chi connectivity index (χ1n) is 13.5. The zero-order valence-corrected chi connectivity index (χ0v) is 23.5. The Morgan fingerprint density at radius 2 is 1.61 bits per heavy atom. The van der Waals surface area contributed by atoms with Crippen LogP contribution < -0.4 is 22.1 Å². The van der Waals surface area contributed by atoms with E-state index in [0.29, 0.717) is 23.1 Å². The summed E-state index contributed by atoms with van der Waals surface area (Å²) in [5.41, 5.74) is 15.1. The molecule has 1 heterocycles. The van der Waals surface area contributed by atoms with Gasteiger partial charge in [-0.15, -0.1) is 0 Å². The Balaban J connectivity index is 1.69. The number of amides is 2. The van der Waals surface area contributed by atoms with Crippen molar-refractivity contribution in [3.05, 3.63) is 118 Å². The molecule has 11 heteroatoms. The number of hydrogen-bond acceptors (Lipinski definition) is 6. The lowest BCUT2D eigenvalue weighted by molar-refractivity contribution is -0.147. The molecule has 0 aromatic heterocycles. The molecule has 0 saturated carbocycles. The molecular weight excluding hydrogens is 562 g/mol. The fourth-order valence-corrected chi connectivity index (χ4v) is 5.72. The number of nitrogens with one attached hydrogen (secondary N) is 3. The molecule has 44 heavy (non-hydrogen) atoms. The van der Waals surface area contributed by atoms with E-state index in [9.17, 15) is 29.4 Å². The second kappa shape index (κ2) is 11.4. The van der Waals surface area contributed by atoms with Gasteiger partial charge in [-0.2, -0.15) is 0 Å². The van der Waals surface area contributed by atoms with E-state index < -0.39 is 35.2 Å². The topological polar surface area (TPSA) is 209 Å². The van der Waals surface area contributed by atoms with Crippen LogP contribution in [0.5, 0.6) is 0 Å². The Morgan fingerprint density at radius 3 is 2.25 bits per heavy atom. The number of fused-ring (bicyclic) bond motifs is 1. The molecule has 222 valence electrons. The molecule has 4 aromatic carbocycles. The number of primary amides is 1. The number of nitrogens with two attached hydrogens (primary N) is 2. The first-order chi connectivity index (χ1) is 20.9. The highest BCUT2D eigenvalue weighted by Gasteiger charge is 2.39. The van der Waals surface area contributed by atoms with Crippen LogP contribution in [0.1, 0.15) is 62.4 Å². The lowest BCUT2D eigenvalue weighted by Crippen LogP contribution is -2.35. The maximum absolute atomic E-state index is 12.2. The maximum atomic E-state index is 12.2. The molecular formula is C33H29N5O6. The highest BCUT2D eigenvalue weighted by molar-refractivity contribution is 6.36. The van der Waals surface area contributed by atoms with Gasteiger partial charge in [0.2, 0.25) is 5.91 Å². The van der Waals surface area contributed by atoms with Gasteiger partial charge < -0.3 is 32.3 Å². The standard InChI is InChI=1S/C33H29N5O6/c1-33(21-5-3-2-4-6-21)16-27(38-26-10-8-17(28(34)35)15-25(26)33)20-11-19(12-22(13-20)37-30(40)32(43)44)23-9-7-18(29(36)39)14-24(23)31(41)42/h2-15,27,38H,16H2,1H3,(H3,34,35)(H2,36,39)(H,37,40)(H,41,42)(H,43,44). The summed E-state index contributed by atoms with van der Waals surface area (Å²) in [4.78, 5) is 47.5. The van der Waals surface area contributed by atoms with Crippen LogP contribution in [-0.4, -0.2) is 39.8 Å². The number of carboxylic acids is 2. The third kappa shape index (κ3) is 5.58. The van der Waals surface area contributed by atoms with Crippen molar-refractivity contribution < 1.29 is 29.4 Å². The zero-order valence-electron chi connectivity index (χ0n) is 23.5. The number of carbonyl (C=O) groups excluding carboxylic acids is 2. The minimum atomic E-state index is -1.68. The van der Waals surface area contributed by atoms with Crippen molar-refractivity contribution in [2.24, 2.45) is 11.5 Å². The molecule has 9 N–H and O–H groups in total. The van der Waals surface area contributed by atoms with Crippen LogP contribution in [-0.2, 0) is 15.0 Å². The van der Waals surface area contributed by atoms with Gasteiger partial charge in [0.15, 0.2) is 0 Å². The van der Waals surface area contributed by atoms with E-state index in [4.69, 9.17) is 16.9 Å². The second-order valence-corrected chi connectivity index (χ2v) is 10.8. The van der Waals surface area contributed by atoms with Crippen LogP contribution in [0.2, 0.25) is 0 Å². The number of carbonyl (C=O) groups is 4. The molecule has 0 fully saturated rings. The molecule has 2 unspecified atom stereocenters. The van der Waals surface area contributed by atoms with Gasteiger partial charge in [-0.05, 0) is 82.8 Å². The minimum absolute atomic E-state index is 0.0100. The van der Waals surface area contributed by atoms with Crippen LogP contribution in [0.4, 0.5) is 11.4 Å². The molecule has 0 radical (unpaired) electrons.